The van der Waals surface area contributed by atoms with E-state index in [0.717, 1.165) is 41.4 Å². The third-order valence-electron chi connectivity index (χ3n) is 3.52. The van der Waals surface area contributed by atoms with E-state index in [9.17, 15) is 0 Å². The molecule has 0 spiro atoms. The van der Waals surface area contributed by atoms with Crippen LogP contribution in [0, 0.1) is 0 Å². The number of nitrogen functional groups attached to an aromatic ring is 1. The van der Waals surface area contributed by atoms with Gasteiger partial charge in [0.15, 0.2) is 10.3 Å². The van der Waals surface area contributed by atoms with Crippen molar-refractivity contribution in [2.24, 2.45) is 0 Å². The monoisotopic (exact) mass is 376 g/mol. The number of aromatic nitrogens is 3. The molecule has 2 N–H and O–H groups in total. The van der Waals surface area contributed by atoms with E-state index in [0.29, 0.717) is 10.2 Å². The van der Waals surface area contributed by atoms with E-state index in [1.165, 1.54) is 4.88 Å². The van der Waals surface area contributed by atoms with Crippen molar-refractivity contribution >= 4 is 39.8 Å². The number of thiazole rings is 1. The molecule has 7 heteroatoms. The Morgan fingerprint density at radius 1 is 1.21 bits per heavy atom. The van der Waals surface area contributed by atoms with Crippen LogP contribution < -0.4 is 5.73 Å². The molecule has 124 valence electrons. The first-order valence-electron chi connectivity index (χ1n) is 7.52. The number of halogens is 1. The van der Waals surface area contributed by atoms with Gasteiger partial charge in [-0.15, -0.1) is 11.3 Å². The van der Waals surface area contributed by atoms with Crippen molar-refractivity contribution in [3.8, 4) is 11.3 Å². The first kappa shape index (κ1) is 17.2. The molecule has 0 bridgehead atoms. The highest BCUT2D eigenvalue weighted by atomic mass is 35.5. The number of rotatable bonds is 6. The second-order valence-electron chi connectivity index (χ2n) is 5.23. The maximum Gasteiger partial charge on any atom is 0.188 e. The minimum absolute atomic E-state index is 0.623. The third-order valence-corrected chi connectivity index (χ3v) is 5.28. The van der Waals surface area contributed by atoms with Gasteiger partial charge in [-0.2, -0.15) is 0 Å². The molecule has 1 aromatic carbocycles. The average Bonchev–Trinajstić information content (AvgIpc) is 3.00. The smallest absolute Gasteiger partial charge is 0.188 e. The molecule has 2 heterocycles. The fourth-order valence-corrected chi connectivity index (χ4v) is 3.74. The summed E-state index contributed by atoms with van der Waals surface area (Å²) in [5.74, 6) is 0. The lowest BCUT2D eigenvalue weighted by atomic mass is 10.1. The lowest BCUT2D eigenvalue weighted by molar-refractivity contribution is 0.781. The fourth-order valence-electron chi connectivity index (χ4n) is 2.38. The van der Waals surface area contributed by atoms with E-state index in [1.807, 2.05) is 42.8 Å². The molecule has 0 saturated carbocycles. The Bertz CT molecular complexity index is 835. The van der Waals surface area contributed by atoms with Crippen molar-refractivity contribution in [1.82, 2.24) is 15.0 Å². The minimum Gasteiger partial charge on any atom is -0.375 e. The van der Waals surface area contributed by atoms with Crippen LogP contribution >= 0.6 is 34.7 Å². The Kier molecular flexibility index (Phi) is 5.71. The first-order valence-corrected chi connectivity index (χ1v) is 9.94. The minimum atomic E-state index is 0.623. The highest BCUT2D eigenvalue weighted by Crippen LogP contribution is 2.28. The van der Waals surface area contributed by atoms with Gasteiger partial charge in [-0.25, -0.2) is 15.0 Å². The third kappa shape index (κ3) is 4.26. The van der Waals surface area contributed by atoms with Crippen molar-refractivity contribution in [3.63, 3.8) is 0 Å². The second-order valence-corrected chi connectivity index (χ2v) is 7.56. The number of thioether (sulfide) groups is 1. The summed E-state index contributed by atoms with van der Waals surface area (Å²) in [5.41, 5.74) is 8.51. The van der Waals surface area contributed by atoms with Crippen LogP contribution in [0.3, 0.4) is 0 Å². The van der Waals surface area contributed by atoms with Gasteiger partial charge in [0.1, 0.15) is 0 Å². The van der Waals surface area contributed by atoms with Gasteiger partial charge in [0, 0.05) is 27.4 Å². The van der Waals surface area contributed by atoms with Crippen LogP contribution in [0.25, 0.3) is 11.3 Å². The topological polar surface area (TPSA) is 64.7 Å². The number of benzene rings is 1. The number of aryl methyl sites for hydroxylation is 2. The molecule has 3 rings (SSSR count). The van der Waals surface area contributed by atoms with Gasteiger partial charge >= 0.3 is 0 Å². The zero-order valence-electron chi connectivity index (χ0n) is 13.2. The number of nitrogens with two attached hydrogens (primary N) is 1. The molecule has 0 fully saturated rings. The van der Waals surface area contributed by atoms with Crippen LogP contribution in [0.4, 0.5) is 5.13 Å². The maximum atomic E-state index is 6.31. The lowest BCUT2D eigenvalue weighted by Gasteiger charge is -2.08. The first-order chi connectivity index (χ1) is 11.7. The highest BCUT2D eigenvalue weighted by Gasteiger charge is 2.09. The van der Waals surface area contributed by atoms with Gasteiger partial charge in [-0.05, 0) is 37.7 Å². The lowest BCUT2D eigenvalue weighted by Crippen LogP contribution is -1.98. The molecule has 3 aromatic rings. The van der Waals surface area contributed by atoms with E-state index >= 15 is 0 Å². The normalized spacial score (nSPS) is 10.9. The van der Waals surface area contributed by atoms with Gasteiger partial charge in [0.05, 0.1) is 5.69 Å². The van der Waals surface area contributed by atoms with E-state index in [-0.39, 0.29) is 0 Å². The Hall–Kier alpha value is -1.63. The van der Waals surface area contributed by atoms with Crippen LogP contribution in [-0.4, -0.2) is 21.2 Å². The molecule has 0 radical (unpaired) electrons. The predicted octanol–water partition coefficient (Wildman–Crippen LogP) is 4.73. The van der Waals surface area contributed by atoms with Gasteiger partial charge < -0.3 is 5.73 Å². The van der Waals surface area contributed by atoms with Crippen molar-refractivity contribution in [2.75, 3.05) is 12.0 Å². The second kappa shape index (κ2) is 7.96. The number of hydrogen-bond donors (Lipinski definition) is 1. The van der Waals surface area contributed by atoms with Gasteiger partial charge in [-0.1, -0.05) is 41.6 Å². The molecule has 0 amide bonds. The zero-order valence-corrected chi connectivity index (χ0v) is 15.6. The molecule has 0 aliphatic rings. The molecule has 4 nitrogen and oxygen atoms in total. The Morgan fingerprint density at radius 2 is 2.04 bits per heavy atom. The average molecular weight is 377 g/mol. The van der Waals surface area contributed by atoms with Crippen molar-refractivity contribution in [3.05, 3.63) is 52.1 Å². The summed E-state index contributed by atoms with van der Waals surface area (Å²) >= 11 is 9.39. The summed E-state index contributed by atoms with van der Waals surface area (Å²) in [4.78, 5) is 14.5. The number of anilines is 1. The fraction of sp³-hybridized carbons (Fsp3) is 0.235. The van der Waals surface area contributed by atoms with E-state index in [4.69, 9.17) is 17.3 Å². The standard InChI is InChI=1S/C17H17ClN4S2/c1-23-17-21-11(5-4-6-12-10-20-16(19)24-12)9-15(22-17)13-7-2-3-8-14(13)18/h2-3,7-10H,4-6H2,1H3,(H2,19,20). The van der Waals surface area contributed by atoms with Crippen molar-refractivity contribution < 1.29 is 0 Å². The zero-order chi connectivity index (χ0) is 16.9. The molecule has 0 atom stereocenters. The summed E-state index contributed by atoms with van der Waals surface area (Å²) in [6.45, 7) is 0. The van der Waals surface area contributed by atoms with Crippen molar-refractivity contribution in [1.29, 1.82) is 0 Å². The predicted molar refractivity (Wildman–Crippen MR) is 103 cm³/mol. The molecule has 2 aromatic heterocycles. The Labute approximate surface area is 154 Å². The highest BCUT2D eigenvalue weighted by molar-refractivity contribution is 7.98. The van der Waals surface area contributed by atoms with Crippen LogP contribution in [-0.2, 0) is 12.8 Å². The summed E-state index contributed by atoms with van der Waals surface area (Å²) in [6.07, 6.45) is 6.66. The number of hydrogen-bond acceptors (Lipinski definition) is 6. The summed E-state index contributed by atoms with van der Waals surface area (Å²) in [5, 5.41) is 2.09. The molecule has 0 saturated heterocycles. The van der Waals surface area contributed by atoms with Crippen LogP contribution in [0.5, 0.6) is 0 Å². The SMILES string of the molecule is CSc1nc(CCCc2cnc(N)s2)cc(-c2ccccc2Cl)n1. The molecular weight excluding hydrogens is 360 g/mol. The van der Waals surface area contributed by atoms with Gasteiger partial charge in [0.2, 0.25) is 0 Å². The van der Waals surface area contributed by atoms with Crippen molar-refractivity contribution in [2.45, 2.75) is 24.4 Å². The van der Waals surface area contributed by atoms with Gasteiger partial charge in [0.25, 0.3) is 0 Å². The van der Waals surface area contributed by atoms with E-state index < -0.39 is 0 Å². The Morgan fingerprint density at radius 3 is 2.75 bits per heavy atom. The molecular formula is C17H17ClN4S2. The summed E-state index contributed by atoms with van der Waals surface area (Å²) in [7, 11) is 0. The van der Waals surface area contributed by atoms with E-state index in [2.05, 4.69) is 15.0 Å². The summed E-state index contributed by atoms with van der Waals surface area (Å²) in [6, 6.07) is 9.78. The van der Waals surface area contributed by atoms with Crippen LogP contribution in [0.1, 0.15) is 17.0 Å². The molecule has 0 aliphatic heterocycles. The maximum absolute atomic E-state index is 6.31. The molecule has 0 unspecified atom stereocenters. The molecule has 0 aliphatic carbocycles. The quantitative estimate of drug-likeness (QED) is 0.497. The largest absolute Gasteiger partial charge is 0.375 e. The van der Waals surface area contributed by atoms with Crippen LogP contribution in [0.2, 0.25) is 5.02 Å². The molecule has 24 heavy (non-hydrogen) atoms. The van der Waals surface area contributed by atoms with Gasteiger partial charge in [-0.3, -0.25) is 0 Å². The van der Waals surface area contributed by atoms with E-state index in [1.54, 1.807) is 23.1 Å². The number of nitrogens with zero attached hydrogens (tertiary/aromatic N) is 3. The van der Waals surface area contributed by atoms with Crippen LogP contribution in [0.15, 0.2) is 41.7 Å². The Balaban J connectivity index is 1.78. The summed E-state index contributed by atoms with van der Waals surface area (Å²) < 4.78 is 0.